The molecule has 0 spiro atoms. The lowest BCUT2D eigenvalue weighted by atomic mass is 9.90. The molecule has 0 bridgehead atoms. The number of aromatic nitrogens is 1. The zero-order chi connectivity index (χ0) is 9.84. The van der Waals surface area contributed by atoms with Crippen molar-refractivity contribution in [2.75, 3.05) is 6.54 Å². The molecule has 0 saturated heterocycles. The highest BCUT2D eigenvalue weighted by atomic mass is 19.1. The van der Waals surface area contributed by atoms with E-state index < -0.39 is 0 Å². The van der Waals surface area contributed by atoms with E-state index in [0.29, 0.717) is 12.5 Å². The summed E-state index contributed by atoms with van der Waals surface area (Å²) in [5.74, 6) is 0.313. The van der Waals surface area contributed by atoms with Crippen LogP contribution < -0.4 is 5.73 Å². The van der Waals surface area contributed by atoms with Crippen molar-refractivity contribution < 1.29 is 4.39 Å². The highest BCUT2D eigenvalue weighted by Crippen LogP contribution is 2.22. The molecule has 1 aromatic rings. The van der Waals surface area contributed by atoms with E-state index in [1.807, 2.05) is 0 Å². The van der Waals surface area contributed by atoms with Gasteiger partial charge >= 0.3 is 0 Å². The first-order chi connectivity index (χ1) is 6.15. The summed E-state index contributed by atoms with van der Waals surface area (Å²) in [7, 11) is 0. The Morgan fingerprint density at radius 3 is 2.62 bits per heavy atom. The molecular weight excluding hydrogens is 167 g/mol. The number of pyridine rings is 1. The second-order valence-corrected chi connectivity index (χ2v) is 3.52. The minimum absolute atomic E-state index is 0.197. The van der Waals surface area contributed by atoms with E-state index in [9.17, 15) is 4.39 Å². The number of hydrogen-bond donors (Lipinski definition) is 1. The second-order valence-electron chi connectivity index (χ2n) is 3.52. The van der Waals surface area contributed by atoms with Gasteiger partial charge in [0.25, 0.3) is 0 Å². The Morgan fingerprint density at radius 2 is 2.15 bits per heavy atom. The highest BCUT2D eigenvalue weighted by molar-refractivity contribution is 5.16. The number of hydrogen-bond acceptors (Lipinski definition) is 2. The van der Waals surface area contributed by atoms with Crippen molar-refractivity contribution in [3.63, 3.8) is 0 Å². The quantitative estimate of drug-likeness (QED) is 0.775. The van der Waals surface area contributed by atoms with Gasteiger partial charge in [0.05, 0.1) is 6.20 Å². The standard InChI is InChI=1S/C10H15FN2/c1-7(2)10(4-12)8-3-9(11)6-13-5-8/h3,5-7,10H,4,12H2,1-2H3. The molecule has 13 heavy (non-hydrogen) atoms. The molecule has 0 saturated carbocycles. The predicted octanol–water partition coefficient (Wildman–Crippen LogP) is 1.92. The first-order valence-electron chi connectivity index (χ1n) is 4.45. The number of nitrogens with zero attached hydrogens (tertiary/aromatic N) is 1. The summed E-state index contributed by atoms with van der Waals surface area (Å²) >= 11 is 0. The average Bonchev–Trinajstić information content (AvgIpc) is 2.04. The summed E-state index contributed by atoms with van der Waals surface area (Å²) in [6.45, 7) is 4.67. The van der Waals surface area contributed by atoms with Gasteiger partial charge < -0.3 is 5.73 Å². The van der Waals surface area contributed by atoms with E-state index in [0.717, 1.165) is 5.56 Å². The molecule has 2 nitrogen and oxygen atoms in total. The van der Waals surface area contributed by atoms with Crippen molar-refractivity contribution >= 4 is 0 Å². The van der Waals surface area contributed by atoms with E-state index >= 15 is 0 Å². The summed E-state index contributed by atoms with van der Waals surface area (Å²) in [5, 5.41) is 0. The number of nitrogens with two attached hydrogens (primary N) is 1. The minimum atomic E-state index is -0.295. The van der Waals surface area contributed by atoms with Gasteiger partial charge in [-0.2, -0.15) is 0 Å². The zero-order valence-electron chi connectivity index (χ0n) is 8.00. The second kappa shape index (κ2) is 4.33. The maximum atomic E-state index is 12.8. The summed E-state index contributed by atoms with van der Waals surface area (Å²) in [4.78, 5) is 3.80. The SMILES string of the molecule is CC(C)C(CN)c1cncc(F)c1. The van der Waals surface area contributed by atoms with Crippen LogP contribution in [0.2, 0.25) is 0 Å². The van der Waals surface area contributed by atoms with Crippen molar-refractivity contribution in [2.24, 2.45) is 11.7 Å². The summed E-state index contributed by atoms with van der Waals surface area (Å²) in [6, 6.07) is 1.50. The van der Waals surface area contributed by atoms with Gasteiger partial charge in [-0.05, 0) is 24.1 Å². The van der Waals surface area contributed by atoms with E-state index in [1.54, 1.807) is 6.20 Å². The van der Waals surface area contributed by atoms with Gasteiger partial charge in [0.2, 0.25) is 0 Å². The van der Waals surface area contributed by atoms with Crippen molar-refractivity contribution in [2.45, 2.75) is 19.8 Å². The first-order valence-corrected chi connectivity index (χ1v) is 4.45. The summed E-state index contributed by atoms with van der Waals surface area (Å²) < 4.78 is 12.8. The van der Waals surface area contributed by atoms with Crippen LogP contribution in [0.5, 0.6) is 0 Å². The van der Waals surface area contributed by atoms with Gasteiger partial charge in [-0.1, -0.05) is 13.8 Å². The van der Waals surface area contributed by atoms with Crippen molar-refractivity contribution in [3.05, 3.63) is 29.8 Å². The Labute approximate surface area is 78.0 Å². The fourth-order valence-electron chi connectivity index (χ4n) is 1.42. The zero-order valence-corrected chi connectivity index (χ0v) is 8.00. The third-order valence-corrected chi connectivity index (χ3v) is 2.21. The van der Waals surface area contributed by atoms with Crippen LogP contribution in [0.4, 0.5) is 4.39 Å². The lowest BCUT2D eigenvalue weighted by Gasteiger charge is -2.18. The van der Waals surface area contributed by atoms with Gasteiger partial charge in [0, 0.05) is 12.1 Å². The van der Waals surface area contributed by atoms with Gasteiger partial charge in [-0.15, -0.1) is 0 Å². The Morgan fingerprint density at radius 1 is 1.46 bits per heavy atom. The van der Waals surface area contributed by atoms with Crippen LogP contribution >= 0.6 is 0 Å². The van der Waals surface area contributed by atoms with Crippen LogP contribution in [-0.4, -0.2) is 11.5 Å². The van der Waals surface area contributed by atoms with Crippen LogP contribution in [0.25, 0.3) is 0 Å². The van der Waals surface area contributed by atoms with Crippen LogP contribution in [0.1, 0.15) is 25.3 Å². The van der Waals surface area contributed by atoms with E-state index in [1.165, 1.54) is 12.3 Å². The molecule has 3 heteroatoms. The minimum Gasteiger partial charge on any atom is -0.330 e. The lowest BCUT2D eigenvalue weighted by Crippen LogP contribution is -2.18. The fraction of sp³-hybridized carbons (Fsp3) is 0.500. The van der Waals surface area contributed by atoms with Crippen molar-refractivity contribution in [3.8, 4) is 0 Å². The molecule has 1 atom stereocenters. The summed E-state index contributed by atoms with van der Waals surface area (Å²) in [5.41, 5.74) is 6.49. The van der Waals surface area contributed by atoms with Crippen LogP contribution in [0.3, 0.4) is 0 Å². The summed E-state index contributed by atoms with van der Waals surface area (Å²) in [6.07, 6.45) is 2.89. The smallest absolute Gasteiger partial charge is 0.141 e. The number of rotatable bonds is 3. The molecule has 0 aromatic carbocycles. The fourth-order valence-corrected chi connectivity index (χ4v) is 1.42. The molecule has 2 N–H and O–H groups in total. The molecule has 0 radical (unpaired) electrons. The van der Waals surface area contributed by atoms with Crippen LogP contribution in [0, 0.1) is 11.7 Å². The average molecular weight is 182 g/mol. The van der Waals surface area contributed by atoms with Crippen LogP contribution in [0.15, 0.2) is 18.5 Å². The Hall–Kier alpha value is -0.960. The predicted molar refractivity (Wildman–Crippen MR) is 50.8 cm³/mol. The molecule has 72 valence electrons. The third-order valence-electron chi connectivity index (χ3n) is 2.21. The molecule has 1 rings (SSSR count). The van der Waals surface area contributed by atoms with Crippen molar-refractivity contribution in [1.29, 1.82) is 0 Å². The number of halogens is 1. The maximum absolute atomic E-state index is 12.8. The van der Waals surface area contributed by atoms with Gasteiger partial charge in [0.15, 0.2) is 0 Å². The molecule has 0 aliphatic rings. The molecule has 0 aliphatic carbocycles. The molecule has 0 fully saturated rings. The largest absolute Gasteiger partial charge is 0.330 e. The van der Waals surface area contributed by atoms with Crippen molar-refractivity contribution in [1.82, 2.24) is 4.98 Å². The Bertz CT molecular complexity index is 273. The molecule has 1 aromatic heterocycles. The van der Waals surface area contributed by atoms with Crippen LogP contribution in [-0.2, 0) is 0 Å². The highest BCUT2D eigenvalue weighted by Gasteiger charge is 2.14. The molecule has 1 unspecified atom stereocenters. The van der Waals surface area contributed by atoms with E-state index in [-0.39, 0.29) is 11.7 Å². The topological polar surface area (TPSA) is 38.9 Å². The Kier molecular flexibility index (Phi) is 3.37. The monoisotopic (exact) mass is 182 g/mol. The third kappa shape index (κ3) is 2.49. The molecule has 0 aliphatic heterocycles. The maximum Gasteiger partial charge on any atom is 0.141 e. The lowest BCUT2D eigenvalue weighted by molar-refractivity contribution is 0.500. The normalized spacial score (nSPS) is 13.3. The molecule has 0 amide bonds. The molecular formula is C10H15FN2. The first kappa shape index (κ1) is 10.1. The van der Waals surface area contributed by atoms with Gasteiger partial charge in [-0.3, -0.25) is 4.98 Å². The van der Waals surface area contributed by atoms with E-state index in [2.05, 4.69) is 18.8 Å². The van der Waals surface area contributed by atoms with Gasteiger partial charge in [-0.25, -0.2) is 4.39 Å². The van der Waals surface area contributed by atoms with Gasteiger partial charge in [0.1, 0.15) is 5.82 Å². The Balaban J connectivity index is 2.91. The van der Waals surface area contributed by atoms with E-state index in [4.69, 9.17) is 5.73 Å². The molecule has 1 heterocycles.